The summed E-state index contributed by atoms with van der Waals surface area (Å²) in [4.78, 5) is 13.5. The van der Waals surface area contributed by atoms with E-state index < -0.39 is 15.7 Å². The molecule has 1 aromatic rings. The molecule has 116 valence electrons. The molecule has 1 heterocycles. The maximum absolute atomic E-state index is 12.6. The van der Waals surface area contributed by atoms with E-state index >= 15 is 0 Å². The van der Waals surface area contributed by atoms with E-state index in [9.17, 15) is 13.2 Å². The summed E-state index contributed by atoms with van der Waals surface area (Å²) in [6.07, 6.45) is 1.74. The number of nitrogens with zero attached hydrogens (tertiary/aromatic N) is 1. The van der Waals surface area contributed by atoms with Gasteiger partial charge in [0.15, 0.2) is 0 Å². The summed E-state index contributed by atoms with van der Waals surface area (Å²) in [5, 5.41) is 0. The summed E-state index contributed by atoms with van der Waals surface area (Å²) in [5.41, 5.74) is -0.967. The van der Waals surface area contributed by atoms with Crippen LogP contribution in [0.2, 0.25) is 0 Å². The Morgan fingerprint density at radius 1 is 1.24 bits per heavy atom. The highest BCUT2D eigenvalue weighted by Crippen LogP contribution is 2.31. The highest BCUT2D eigenvalue weighted by molar-refractivity contribution is 8.00. The number of thioether (sulfide) groups is 1. The summed E-state index contributed by atoms with van der Waals surface area (Å²) in [7, 11) is -3.74. The van der Waals surface area contributed by atoms with Crippen LogP contribution in [0.15, 0.2) is 35.2 Å². The molecule has 1 saturated heterocycles. The van der Waals surface area contributed by atoms with Gasteiger partial charge >= 0.3 is 10.2 Å². The lowest BCUT2D eigenvalue weighted by Gasteiger charge is -2.23. The predicted molar refractivity (Wildman–Crippen MR) is 84.0 cm³/mol. The lowest BCUT2D eigenvalue weighted by molar-refractivity contribution is -0.130. The second kappa shape index (κ2) is 6.37. The summed E-state index contributed by atoms with van der Waals surface area (Å²) in [5.74, 6) is -0.237. The van der Waals surface area contributed by atoms with E-state index in [1.807, 2.05) is 44.2 Å². The third kappa shape index (κ3) is 3.25. The second-order valence-electron chi connectivity index (χ2n) is 5.03. The average Bonchev–Trinajstić information content (AvgIpc) is 2.65. The van der Waals surface area contributed by atoms with Crippen molar-refractivity contribution in [3.05, 3.63) is 30.3 Å². The molecule has 5 nitrogen and oxygen atoms in total. The Balaban J connectivity index is 2.17. The van der Waals surface area contributed by atoms with Gasteiger partial charge in [0.2, 0.25) is 0 Å². The van der Waals surface area contributed by atoms with Crippen LogP contribution in [0, 0.1) is 0 Å². The first-order chi connectivity index (χ1) is 9.95. The molecule has 21 heavy (non-hydrogen) atoms. The fourth-order valence-electron chi connectivity index (χ4n) is 2.46. The molecule has 0 aromatic heterocycles. The van der Waals surface area contributed by atoms with Crippen LogP contribution >= 0.6 is 11.8 Å². The largest absolute Gasteiger partial charge is 0.305 e. The number of rotatable bonds is 6. The van der Waals surface area contributed by atoms with Crippen LogP contribution in [-0.4, -0.2) is 30.0 Å². The molecule has 0 bridgehead atoms. The van der Waals surface area contributed by atoms with Crippen molar-refractivity contribution in [3.63, 3.8) is 0 Å². The van der Waals surface area contributed by atoms with E-state index in [1.165, 1.54) is 11.8 Å². The normalized spacial score (nSPS) is 24.5. The quantitative estimate of drug-likeness (QED) is 0.814. The van der Waals surface area contributed by atoms with Gasteiger partial charge in [0.1, 0.15) is 5.54 Å². The van der Waals surface area contributed by atoms with Gasteiger partial charge in [0.25, 0.3) is 5.91 Å². The number of hydrogen-bond acceptors (Lipinski definition) is 4. The van der Waals surface area contributed by atoms with Gasteiger partial charge in [0.05, 0.1) is 5.88 Å². The fraction of sp³-hybridized carbons (Fsp3) is 0.500. The molecule has 1 aromatic carbocycles. The lowest BCUT2D eigenvalue weighted by Crippen LogP contribution is -2.46. The molecular weight excluding hydrogens is 308 g/mol. The van der Waals surface area contributed by atoms with E-state index in [0.717, 1.165) is 15.6 Å². The van der Waals surface area contributed by atoms with Crippen molar-refractivity contribution in [2.75, 3.05) is 5.88 Å². The lowest BCUT2D eigenvalue weighted by atomic mass is 9.91. The van der Waals surface area contributed by atoms with Crippen molar-refractivity contribution in [2.24, 2.45) is 0 Å². The van der Waals surface area contributed by atoms with Gasteiger partial charge in [-0.15, -0.1) is 11.8 Å². The molecule has 7 heteroatoms. The molecule has 2 rings (SSSR count). The fourth-order valence-corrected chi connectivity index (χ4v) is 5.23. The number of carbonyl (C=O) groups excluding carboxylic acids is 1. The van der Waals surface area contributed by atoms with Crippen molar-refractivity contribution in [1.29, 1.82) is 0 Å². The maximum atomic E-state index is 12.6. The zero-order chi connectivity index (χ0) is 15.5. The van der Waals surface area contributed by atoms with Crippen LogP contribution in [0.1, 0.15) is 33.1 Å². The van der Waals surface area contributed by atoms with Crippen molar-refractivity contribution >= 4 is 27.9 Å². The summed E-state index contributed by atoms with van der Waals surface area (Å²) >= 11 is 1.34. The summed E-state index contributed by atoms with van der Waals surface area (Å²) in [6, 6.07) is 9.45. The van der Waals surface area contributed by atoms with E-state index in [4.69, 9.17) is 0 Å². The minimum Gasteiger partial charge on any atom is -0.272 e. The Kier molecular flexibility index (Phi) is 4.95. The predicted octanol–water partition coefficient (Wildman–Crippen LogP) is 2.36. The number of nitrogens with one attached hydrogen (secondary N) is 1. The Hall–Kier alpha value is -1.05. The molecule has 0 spiro atoms. The first kappa shape index (κ1) is 16.3. The van der Waals surface area contributed by atoms with Gasteiger partial charge in [-0.3, -0.25) is 4.79 Å². The zero-order valence-corrected chi connectivity index (χ0v) is 13.8. The Morgan fingerprint density at radius 3 is 2.48 bits per heavy atom. The second-order valence-corrected chi connectivity index (χ2v) is 7.65. The third-order valence-electron chi connectivity index (χ3n) is 3.62. The summed E-state index contributed by atoms with van der Waals surface area (Å²) < 4.78 is 28.0. The van der Waals surface area contributed by atoms with Gasteiger partial charge < -0.3 is 0 Å². The Bertz CT molecular complexity index is 604. The SMILES string of the molecule is CCCC1(CC)NS(=O)(=O)N(CSc2ccccc2)C1=O. The van der Waals surface area contributed by atoms with E-state index in [-0.39, 0.29) is 11.8 Å². The topological polar surface area (TPSA) is 66.5 Å². The minimum absolute atomic E-state index is 0.101. The van der Waals surface area contributed by atoms with Crippen LogP contribution in [-0.2, 0) is 15.0 Å². The molecule has 1 fully saturated rings. The number of benzene rings is 1. The van der Waals surface area contributed by atoms with Gasteiger partial charge in [0, 0.05) is 4.90 Å². The molecule has 1 atom stereocenters. The third-order valence-corrected chi connectivity index (χ3v) is 6.30. The highest BCUT2D eigenvalue weighted by atomic mass is 32.2. The van der Waals surface area contributed by atoms with E-state index in [2.05, 4.69) is 4.72 Å². The first-order valence-corrected chi connectivity index (χ1v) is 9.41. The minimum atomic E-state index is -3.74. The molecule has 1 N–H and O–H groups in total. The smallest absolute Gasteiger partial charge is 0.272 e. The number of amides is 1. The Labute approximate surface area is 130 Å². The van der Waals surface area contributed by atoms with Gasteiger partial charge in [-0.2, -0.15) is 13.1 Å². The zero-order valence-electron chi connectivity index (χ0n) is 12.2. The Morgan fingerprint density at radius 2 is 1.90 bits per heavy atom. The van der Waals surface area contributed by atoms with Crippen molar-refractivity contribution in [1.82, 2.24) is 9.03 Å². The van der Waals surface area contributed by atoms with Crippen molar-refractivity contribution < 1.29 is 13.2 Å². The van der Waals surface area contributed by atoms with Crippen molar-refractivity contribution in [2.45, 2.75) is 43.5 Å². The molecule has 0 saturated carbocycles. The first-order valence-electron chi connectivity index (χ1n) is 6.99. The molecule has 0 radical (unpaired) electrons. The molecule has 1 aliphatic rings. The van der Waals surface area contributed by atoms with Gasteiger partial charge in [-0.25, -0.2) is 4.31 Å². The van der Waals surface area contributed by atoms with Crippen LogP contribution < -0.4 is 4.72 Å². The molecule has 1 unspecified atom stereocenters. The molecular formula is C14H20N2O3S2. The van der Waals surface area contributed by atoms with Crippen LogP contribution in [0.3, 0.4) is 0 Å². The number of carbonyl (C=O) groups is 1. The molecule has 1 amide bonds. The van der Waals surface area contributed by atoms with Crippen LogP contribution in [0.25, 0.3) is 0 Å². The maximum Gasteiger partial charge on any atom is 0.305 e. The molecule has 1 aliphatic heterocycles. The van der Waals surface area contributed by atoms with Gasteiger partial charge in [-0.1, -0.05) is 38.5 Å². The number of hydrogen-bond donors (Lipinski definition) is 1. The average molecular weight is 328 g/mol. The van der Waals surface area contributed by atoms with Crippen LogP contribution in [0.4, 0.5) is 0 Å². The standard InChI is InChI=1S/C14H20N2O3S2/c1-3-10-14(4-2)13(17)16(21(18,19)15-14)11-20-12-8-6-5-7-9-12/h5-9,15H,3-4,10-11H2,1-2H3. The highest BCUT2D eigenvalue weighted by Gasteiger charge is 2.52. The van der Waals surface area contributed by atoms with E-state index in [1.54, 1.807) is 0 Å². The van der Waals surface area contributed by atoms with E-state index in [0.29, 0.717) is 12.8 Å². The van der Waals surface area contributed by atoms with Crippen LogP contribution in [0.5, 0.6) is 0 Å². The molecule has 0 aliphatic carbocycles. The van der Waals surface area contributed by atoms with Gasteiger partial charge in [-0.05, 0) is 25.0 Å². The monoisotopic (exact) mass is 328 g/mol. The summed E-state index contributed by atoms with van der Waals surface area (Å²) in [6.45, 7) is 3.78. The van der Waals surface area contributed by atoms with Crippen molar-refractivity contribution in [3.8, 4) is 0 Å².